The van der Waals surface area contributed by atoms with Gasteiger partial charge in [0.25, 0.3) is 0 Å². The molecule has 3 fully saturated rings. The van der Waals surface area contributed by atoms with E-state index >= 15 is 0 Å². The van der Waals surface area contributed by atoms with Gasteiger partial charge in [0.1, 0.15) is 5.75 Å². The van der Waals surface area contributed by atoms with E-state index in [1.165, 1.54) is 0 Å². The van der Waals surface area contributed by atoms with Gasteiger partial charge in [-0.05, 0) is 61.1 Å². The summed E-state index contributed by atoms with van der Waals surface area (Å²) in [4.78, 5) is 0. The fourth-order valence-corrected chi connectivity index (χ4v) is 4.77. The van der Waals surface area contributed by atoms with Crippen molar-refractivity contribution in [2.45, 2.75) is 57.7 Å². The zero-order chi connectivity index (χ0) is 18.4. The van der Waals surface area contributed by atoms with Gasteiger partial charge in [-0.2, -0.15) is 0 Å². The van der Waals surface area contributed by atoms with Crippen molar-refractivity contribution in [2.75, 3.05) is 7.11 Å². The van der Waals surface area contributed by atoms with E-state index in [4.69, 9.17) is 15.1 Å². The van der Waals surface area contributed by atoms with Gasteiger partial charge in [0, 0.05) is 5.94 Å². The van der Waals surface area contributed by atoms with Crippen LogP contribution in [0.1, 0.15) is 39.2 Å². The van der Waals surface area contributed by atoms with Gasteiger partial charge >= 0.3 is 7.12 Å². The highest BCUT2D eigenvalue weighted by Gasteiger charge is 2.64. The van der Waals surface area contributed by atoms with E-state index in [9.17, 15) is 10.1 Å². The van der Waals surface area contributed by atoms with E-state index in [1.807, 2.05) is 31.2 Å². The van der Waals surface area contributed by atoms with Crippen LogP contribution in [0.5, 0.6) is 5.75 Å². The van der Waals surface area contributed by atoms with Crippen LogP contribution in [0.3, 0.4) is 0 Å². The fourth-order valence-electron chi connectivity index (χ4n) is 4.77. The van der Waals surface area contributed by atoms with Crippen LogP contribution in [0.15, 0.2) is 24.3 Å². The third kappa shape index (κ3) is 3.21. The molecule has 3 aliphatic carbocycles. The first kappa shape index (κ1) is 18.7. The first-order valence-electron chi connectivity index (χ1n) is 9.11. The number of aliphatic hydroxyl groups is 1. The van der Waals surface area contributed by atoms with Crippen molar-refractivity contribution in [1.82, 2.24) is 0 Å². The molecule has 138 valence electrons. The van der Waals surface area contributed by atoms with Gasteiger partial charge in [-0.3, -0.25) is 0 Å². The van der Waals surface area contributed by atoms with Gasteiger partial charge in [0.05, 0.1) is 18.8 Å². The van der Waals surface area contributed by atoms with Crippen molar-refractivity contribution < 1.29 is 19.5 Å². The monoisotopic (exact) mass is 347 g/mol. The van der Waals surface area contributed by atoms with Crippen molar-refractivity contribution >= 4 is 7.12 Å². The summed E-state index contributed by atoms with van der Waals surface area (Å²) in [5, 5.41) is 21.1. The molecule has 0 unspecified atom stereocenters. The predicted molar refractivity (Wildman–Crippen MR) is 98.1 cm³/mol. The van der Waals surface area contributed by atoms with Gasteiger partial charge in [-0.1, -0.05) is 26.0 Å². The lowest BCUT2D eigenvalue weighted by atomic mass is 9.43. The second kappa shape index (κ2) is 6.58. The maximum absolute atomic E-state index is 10.5. The molecule has 0 aromatic heterocycles. The molecule has 4 N–H and O–H groups in total. The summed E-state index contributed by atoms with van der Waals surface area (Å²) in [6, 6.07) is 7.61. The van der Waals surface area contributed by atoms with Crippen molar-refractivity contribution in [3.8, 4) is 5.75 Å². The molecule has 5 atom stereocenters. The zero-order valence-corrected chi connectivity index (χ0v) is 15.6. The average Bonchev–Trinajstić information content (AvgIpc) is 2.57. The Hall–Kier alpha value is -1.08. The van der Waals surface area contributed by atoms with Crippen LogP contribution >= 0.6 is 0 Å². The summed E-state index contributed by atoms with van der Waals surface area (Å²) < 4.78 is 11.2. The van der Waals surface area contributed by atoms with Gasteiger partial charge in [-0.15, -0.1) is 0 Å². The molecular weight excluding hydrogens is 317 g/mol. The summed E-state index contributed by atoms with van der Waals surface area (Å²) in [6.07, 6.45) is 1.70. The highest BCUT2D eigenvalue weighted by Crippen LogP contribution is 2.63. The van der Waals surface area contributed by atoms with E-state index in [2.05, 4.69) is 13.8 Å². The standard InChI is InChI=1S/C19H30BNO4/c1-18(2)13-10-15(18)19(3,16(22)11-13)25-20(23)17(21)9-12-5-7-14(24-4)8-6-12/h5-8,13,15-17,22-23H,9-11,21H2,1-4H3/t13-,15-,16+,17-,19-/m1/s1. The summed E-state index contributed by atoms with van der Waals surface area (Å²) in [5.74, 6) is 0.998. The smallest absolute Gasteiger partial charge is 0.472 e. The predicted octanol–water partition coefficient (Wildman–Crippen LogP) is 1.79. The highest BCUT2D eigenvalue weighted by molar-refractivity contribution is 6.45. The molecule has 3 aliphatic rings. The van der Waals surface area contributed by atoms with E-state index in [1.54, 1.807) is 7.11 Å². The van der Waals surface area contributed by atoms with Crippen LogP contribution in [0.25, 0.3) is 0 Å². The van der Waals surface area contributed by atoms with E-state index in [0.29, 0.717) is 12.3 Å². The maximum atomic E-state index is 10.5. The highest BCUT2D eigenvalue weighted by atomic mass is 16.5. The van der Waals surface area contributed by atoms with Crippen LogP contribution in [-0.4, -0.2) is 42.0 Å². The van der Waals surface area contributed by atoms with Crippen LogP contribution in [0.2, 0.25) is 0 Å². The summed E-state index contributed by atoms with van der Waals surface area (Å²) in [6.45, 7) is 6.37. The minimum atomic E-state index is -1.12. The molecule has 4 rings (SSSR count). The Morgan fingerprint density at radius 1 is 1.24 bits per heavy atom. The lowest BCUT2D eigenvalue weighted by Crippen LogP contribution is -2.69. The number of hydrogen-bond donors (Lipinski definition) is 3. The van der Waals surface area contributed by atoms with E-state index in [0.717, 1.165) is 24.2 Å². The Labute approximate surface area is 150 Å². The fraction of sp³-hybridized carbons (Fsp3) is 0.684. The minimum absolute atomic E-state index is 0.133. The molecule has 1 aromatic carbocycles. The minimum Gasteiger partial charge on any atom is -0.497 e. The number of nitrogens with two attached hydrogens (primary N) is 1. The number of benzene rings is 1. The summed E-state index contributed by atoms with van der Waals surface area (Å²) >= 11 is 0. The number of hydrogen-bond acceptors (Lipinski definition) is 5. The third-order valence-corrected chi connectivity index (χ3v) is 6.70. The molecule has 2 bridgehead atoms. The molecule has 1 aromatic rings. The Balaban J connectivity index is 1.64. The van der Waals surface area contributed by atoms with Gasteiger partial charge in [-0.25, -0.2) is 0 Å². The molecule has 0 spiro atoms. The summed E-state index contributed by atoms with van der Waals surface area (Å²) in [5.41, 5.74) is 6.57. The van der Waals surface area contributed by atoms with Crippen LogP contribution < -0.4 is 10.5 Å². The van der Waals surface area contributed by atoms with E-state index < -0.39 is 24.8 Å². The largest absolute Gasteiger partial charge is 0.497 e. The quantitative estimate of drug-likeness (QED) is 0.683. The van der Waals surface area contributed by atoms with E-state index in [-0.39, 0.29) is 11.3 Å². The first-order chi connectivity index (χ1) is 11.7. The second-order valence-electron chi connectivity index (χ2n) is 8.47. The van der Waals surface area contributed by atoms with Gasteiger partial charge in [0.2, 0.25) is 0 Å². The number of ether oxygens (including phenoxy) is 1. The Bertz CT molecular complexity index is 608. The average molecular weight is 347 g/mol. The zero-order valence-electron chi connectivity index (χ0n) is 15.6. The molecule has 0 saturated heterocycles. The molecular formula is C19H30BNO4. The van der Waals surface area contributed by atoms with Crippen LogP contribution in [0, 0.1) is 17.3 Å². The Morgan fingerprint density at radius 3 is 2.44 bits per heavy atom. The maximum Gasteiger partial charge on any atom is 0.472 e. The van der Waals surface area contributed by atoms with Crippen LogP contribution in [-0.2, 0) is 11.1 Å². The lowest BCUT2D eigenvalue weighted by Gasteiger charge is -2.66. The van der Waals surface area contributed by atoms with Crippen molar-refractivity contribution in [3.63, 3.8) is 0 Å². The second-order valence-corrected chi connectivity index (χ2v) is 8.47. The molecule has 5 nitrogen and oxygen atoms in total. The third-order valence-electron chi connectivity index (χ3n) is 6.70. The molecule has 6 heteroatoms. The van der Waals surface area contributed by atoms with Gasteiger partial charge in [0.15, 0.2) is 0 Å². The number of aliphatic hydroxyl groups excluding tert-OH is 1. The Morgan fingerprint density at radius 2 is 1.88 bits per heavy atom. The van der Waals surface area contributed by atoms with Crippen LogP contribution in [0.4, 0.5) is 0 Å². The Kier molecular flexibility index (Phi) is 4.92. The van der Waals surface area contributed by atoms with Crippen molar-refractivity contribution in [1.29, 1.82) is 0 Å². The molecule has 3 saturated carbocycles. The number of fused-ring (bicyclic) bond motifs is 2. The van der Waals surface area contributed by atoms with Crippen molar-refractivity contribution in [3.05, 3.63) is 29.8 Å². The lowest BCUT2D eigenvalue weighted by molar-refractivity contribution is -0.239. The first-order valence-corrected chi connectivity index (χ1v) is 9.11. The number of rotatable bonds is 6. The SMILES string of the molecule is COc1ccc(C[C@@H](N)B(O)O[C@]2(C)[C@@H]3C[C@H](C[C@@H]2O)C3(C)C)cc1. The topological polar surface area (TPSA) is 84.9 Å². The number of methoxy groups -OCH3 is 1. The molecule has 0 amide bonds. The summed E-state index contributed by atoms with van der Waals surface area (Å²) in [7, 11) is 0.510. The van der Waals surface area contributed by atoms with Crippen molar-refractivity contribution in [2.24, 2.45) is 23.0 Å². The molecule has 0 heterocycles. The molecule has 25 heavy (non-hydrogen) atoms. The van der Waals surface area contributed by atoms with Gasteiger partial charge < -0.3 is 25.3 Å². The normalized spacial score (nSPS) is 34.1. The molecule has 0 radical (unpaired) electrons. The molecule has 0 aliphatic heterocycles.